The summed E-state index contributed by atoms with van der Waals surface area (Å²) in [5.74, 6) is 0.104. The lowest BCUT2D eigenvalue weighted by Crippen LogP contribution is -2.09. The summed E-state index contributed by atoms with van der Waals surface area (Å²) in [4.78, 5) is 27.9. The molecule has 0 saturated carbocycles. The van der Waals surface area contributed by atoms with E-state index in [4.69, 9.17) is 14.6 Å². The summed E-state index contributed by atoms with van der Waals surface area (Å²) >= 11 is 3.67. The molecule has 0 aliphatic rings. The van der Waals surface area contributed by atoms with Crippen LogP contribution in [0, 0.1) is 6.92 Å². The van der Waals surface area contributed by atoms with Crippen LogP contribution in [0.4, 0.5) is 0 Å². The molecule has 106 valence electrons. The van der Waals surface area contributed by atoms with E-state index < -0.39 is 5.97 Å². The van der Waals surface area contributed by atoms with Gasteiger partial charge in [0.2, 0.25) is 0 Å². The number of ketones is 1. The number of carbonyl (C=O) groups is 3. The summed E-state index contributed by atoms with van der Waals surface area (Å²) < 4.78 is 4.92. The molecule has 0 bridgehead atoms. The molecule has 0 aromatic heterocycles. The fourth-order valence-corrected chi connectivity index (χ4v) is 0.780. The fourth-order valence-electron chi connectivity index (χ4n) is 0.780. The summed E-state index contributed by atoms with van der Waals surface area (Å²) in [6.07, 6.45) is 0. The number of rotatable bonds is 4. The van der Waals surface area contributed by atoms with Gasteiger partial charge in [0, 0.05) is 5.75 Å². The third-order valence-electron chi connectivity index (χ3n) is 1.61. The van der Waals surface area contributed by atoms with Gasteiger partial charge in [-0.15, -0.1) is 0 Å². The molecule has 1 aromatic carbocycles. The number of carboxylic acids is 1. The van der Waals surface area contributed by atoms with Crippen LogP contribution in [0.5, 0.6) is 5.75 Å². The molecule has 0 aliphatic carbocycles. The van der Waals surface area contributed by atoms with Crippen LogP contribution in [0.2, 0.25) is 0 Å². The Balaban J connectivity index is 0. The van der Waals surface area contributed by atoms with E-state index >= 15 is 0 Å². The molecule has 0 aliphatic heterocycles. The lowest BCUT2D eigenvalue weighted by atomic mass is 10.2. The number of hydrogen-bond acceptors (Lipinski definition) is 5. The van der Waals surface area contributed by atoms with Crippen LogP contribution in [0.15, 0.2) is 24.3 Å². The molecule has 0 amide bonds. The van der Waals surface area contributed by atoms with E-state index in [1.54, 1.807) is 12.1 Å². The Morgan fingerprint density at radius 3 is 2.00 bits per heavy atom. The van der Waals surface area contributed by atoms with Gasteiger partial charge in [0.25, 0.3) is 0 Å². The first-order chi connectivity index (χ1) is 8.95. The minimum atomic E-state index is -0.962. The number of carbonyl (C=O) groups excluding carboxylic acids is 2. The van der Waals surface area contributed by atoms with E-state index in [1.165, 1.54) is 6.92 Å². The number of benzene rings is 1. The quantitative estimate of drug-likeness (QED) is 0.825. The third-order valence-corrected chi connectivity index (χ3v) is 2.05. The van der Waals surface area contributed by atoms with Crippen LogP contribution in [-0.2, 0) is 14.4 Å². The molecule has 0 unspecified atom stereocenters. The minimum Gasteiger partial charge on any atom is -0.482 e. The molecule has 6 heteroatoms. The number of ether oxygens (including phenoxy) is 1. The molecule has 0 spiro atoms. The molecule has 0 atom stereocenters. The first kappa shape index (κ1) is 19.5. The van der Waals surface area contributed by atoms with Crippen molar-refractivity contribution in [3.63, 3.8) is 0 Å². The molecule has 1 aromatic rings. The van der Waals surface area contributed by atoms with Gasteiger partial charge >= 0.3 is 5.97 Å². The van der Waals surface area contributed by atoms with E-state index in [0.717, 1.165) is 5.56 Å². The molecule has 0 radical (unpaired) electrons. The van der Waals surface area contributed by atoms with Gasteiger partial charge < -0.3 is 14.6 Å². The van der Waals surface area contributed by atoms with E-state index in [0.29, 0.717) is 11.5 Å². The first-order valence-corrected chi connectivity index (χ1v) is 5.89. The molecule has 0 fully saturated rings. The van der Waals surface area contributed by atoms with Crippen LogP contribution in [-0.4, -0.2) is 36.0 Å². The SMILES string of the molecule is C=O.CC(=O)CS.Cc1ccc(OCC(=O)O)cc1. The number of aliphatic carboxylic acids is 1. The second-order valence-electron chi connectivity index (χ2n) is 3.36. The summed E-state index contributed by atoms with van der Waals surface area (Å²) in [7, 11) is 0. The lowest BCUT2D eigenvalue weighted by molar-refractivity contribution is -0.139. The fraction of sp³-hybridized carbons (Fsp3) is 0.308. The van der Waals surface area contributed by atoms with Crippen LogP contribution >= 0.6 is 12.6 Å². The van der Waals surface area contributed by atoms with Gasteiger partial charge in [0.05, 0.1) is 0 Å². The Hall–Kier alpha value is -1.82. The van der Waals surface area contributed by atoms with Gasteiger partial charge in [0.1, 0.15) is 18.3 Å². The highest BCUT2D eigenvalue weighted by atomic mass is 32.1. The van der Waals surface area contributed by atoms with Crippen LogP contribution in [0.3, 0.4) is 0 Å². The lowest BCUT2D eigenvalue weighted by Gasteiger charge is -2.01. The molecular weight excluding hydrogens is 268 g/mol. The zero-order valence-electron chi connectivity index (χ0n) is 11.0. The largest absolute Gasteiger partial charge is 0.482 e. The van der Waals surface area contributed by atoms with Gasteiger partial charge in [-0.05, 0) is 26.0 Å². The highest BCUT2D eigenvalue weighted by molar-refractivity contribution is 7.81. The maximum atomic E-state index is 10.1. The standard InChI is InChI=1S/C9H10O3.C3H6OS.CH2O/c1-7-2-4-8(5-3-7)12-6-9(10)11;1-3(4)2-5;1-2/h2-5H,6H2,1H3,(H,10,11);5H,2H2,1H3;1H2. The second kappa shape index (κ2) is 12.6. The average molecular weight is 286 g/mol. The van der Waals surface area contributed by atoms with E-state index in [-0.39, 0.29) is 12.4 Å². The molecule has 0 heterocycles. The predicted octanol–water partition coefficient (Wildman–Crippen LogP) is 1.78. The van der Waals surface area contributed by atoms with Gasteiger partial charge in [-0.1, -0.05) is 17.7 Å². The Morgan fingerprint density at radius 2 is 1.68 bits per heavy atom. The van der Waals surface area contributed by atoms with Crippen molar-refractivity contribution < 1.29 is 24.2 Å². The molecule has 5 nitrogen and oxygen atoms in total. The average Bonchev–Trinajstić information content (AvgIpc) is 2.41. The van der Waals surface area contributed by atoms with Crippen molar-refractivity contribution in [3.05, 3.63) is 29.8 Å². The summed E-state index contributed by atoms with van der Waals surface area (Å²) in [5.41, 5.74) is 1.12. The normalized spacial score (nSPS) is 8.16. The maximum absolute atomic E-state index is 10.1. The van der Waals surface area contributed by atoms with Crippen LogP contribution in [0.1, 0.15) is 12.5 Å². The Bertz CT molecular complexity index is 375. The highest BCUT2D eigenvalue weighted by Crippen LogP contribution is 2.10. The van der Waals surface area contributed by atoms with Gasteiger partial charge in [0.15, 0.2) is 6.61 Å². The molecule has 1 rings (SSSR count). The first-order valence-electron chi connectivity index (χ1n) is 5.26. The second-order valence-corrected chi connectivity index (χ2v) is 3.67. The van der Waals surface area contributed by atoms with Crippen molar-refractivity contribution in [2.75, 3.05) is 12.4 Å². The topological polar surface area (TPSA) is 80.7 Å². The Morgan fingerprint density at radius 1 is 1.26 bits per heavy atom. The van der Waals surface area contributed by atoms with Gasteiger partial charge in [-0.3, -0.25) is 4.79 Å². The number of aryl methyl sites for hydroxylation is 1. The van der Waals surface area contributed by atoms with Crippen molar-refractivity contribution in [3.8, 4) is 5.75 Å². The molecule has 19 heavy (non-hydrogen) atoms. The monoisotopic (exact) mass is 286 g/mol. The van der Waals surface area contributed by atoms with E-state index in [9.17, 15) is 9.59 Å². The van der Waals surface area contributed by atoms with Crippen molar-refractivity contribution in [2.45, 2.75) is 13.8 Å². The molecule has 1 N–H and O–H groups in total. The van der Waals surface area contributed by atoms with Gasteiger partial charge in [-0.25, -0.2) is 4.79 Å². The maximum Gasteiger partial charge on any atom is 0.341 e. The summed E-state index contributed by atoms with van der Waals surface area (Å²) in [6.45, 7) is 5.18. The summed E-state index contributed by atoms with van der Waals surface area (Å²) in [6, 6.07) is 7.24. The van der Waals surface area contributed by atoms with Crippen LogP contribution < -0.4 is 4.74 Å². The van der Waals surface area contributed by atoms with E-state index in [1.807, 2.05) is 25.8 Å². The Kier molecular flexibility index (Phi) is 13.0. The van der Waals surface area contributed by atoms with Gasteiger partial charge in [-0.2, -0.15) is 12.6 Å². The van der Waals surface area contributed by atoms with Crippen molar-refractivity contribution >= 4 is 31.2 Å². The Labute approximate surface area is 118 Å². The van der Waals surface area contributed by atoms with Crippen molar-refractivity contribution in [1.29, 1.82) is 0 Å². The van der Waals surface area contributed by atoms with Crippen LogP contribution in [0.25, 0.3) is 0 Å². The minimum absolute atomic E-state index is 0.119. The number of hydrogen-bond donors (Lipinski definition) is 2. The summed E-state index contributed by atoms with van der Waals surface area (Å²) in [5, 5.41) is 8.30. The van der Waals surface area contributed by atoms with Crippen molar-refractivity contribution in [1.82, 2.24) is 0 Å². The number of thiol groups is 1. The highest BCUT2D eigenvalue weighted by Gasteiger charge is 1.97. The predicted molar refractivity (Wildman–Crippen MR) is 76.0 cm³/mol. The number of Topliss-reactive ketones (excluding diaryl/α,β-unsaturated/α-hetero) is 1. The zero-order valence-corrected chi connectivity index (χ0v) is 11.9. The van der Waals surface area contributed by atoms with E-state index in [2.05, 4.69) is 12.6 Å². The third kappa shape index (κ3) is 14.1. The number of carboxylic acid groups (broad SMARTS) is 1. The van der Waals surface area contributed by atoms with Crippen molar-refractivity contribution in [2.24, 2.45) is 0 Å². The molecule has 0 saturated heterocycles. The molecular formula is C13H18O5S. The zero-order chi connectivity index (χ0) is 15.3. The smallest absolute Gasteiger partial charge is 0.341 e.